The smallest absolute Gasteiger partial charge is 0.232 e. The number of sulfonamides is 1. The summed E-state index contributed by atoms with van der Waals surface area (Å²) in [6.45, 7) is 2.76. The van der Waals surface area contributed by atoms with Crippen molar-refractivity contribution >= 4 is 21.5 Å². The minimum atomic E-state index is -3.21. The second-order valence-corrected chi connectivity index (χ2v) is 5.18. The van der Waals surface area contributed by atoms with Crippen LogP contribution in [0.3, 0.4) is 0 Å². The van der Waals surface area contributed by atoms with Crippen LogP contribution in [0.5, 0.6) is 0 Å². The number of pyridine rings is 1. The highest BCUT2D eigenvalue weighted by molar-refractivity contribution is 7.92. The van der Waals surface area contributed by atoms with Gasteiger partial charge in [-0.1, -0.05) is 0 Å². The molecule has 0 bridgehead atoms. The van der Waals surface area contributed by atoms with Gasteiger partial charge in [0.15, 0.2) is 0 Å². The van der Waals surface area contributed by atoms with Gasteiger partial charge in [0.2, 0.25) is 10.0 Å². The Morgan fingerprint density at radius 1 is 1.47 bits per heavy atom. The lowest BCUT2D eigenvalue weighted by Crippen LogP contribution is -2.24. The third-order valence-electron chi connectivity index (χ3n) is 1.97. The van der Waals surface area contributed by atoms with E-state index in [0.29, 0.717) is 5.69 Å². The average Bonchev–Trinajstić information content (AvgIpc) is 2.17. The summed E-state index contributed by atoms with van der Waals surface area (Å²) < 4.78 is 23.6. The van der Waals surface area contributed by atoms with E-state index in [9.17, 15) is 8.42 Å². The molecule has 0 atom stereocenters. The van der Waals surface area contributed by atoms with Crippen LogP contribution in [-0.2, 0) is 10.0 Å². The molecule has 0 aromatic carbocycles. The number of nitrogens with zero attached hydrogens (tertiary/aromatic N) is 2. The third-order valence-corrected chi connectivity index (χ3v) is 3.17. The average molecular weight is 229 g/mol. The van der Waals surface area contributed by atoms with Crippen molar-refractivity contribution in [3.8, 4) is 0 Å². The van der Waals surface area contributed by atoms with Crippen LogP contribution in [-0.4, -0.2) is 33.2 Å². The van der Waals surface area contributed by atoms with Gasteiger partial charge in [-0.3, -0.25) is 4.31 Å². The molecule has 1 N–H and O–H groups in total. The monoisotopic (exact) mass is 229 g/mol. The Bertz CT molecular complexity index is 413. The van der Waals surface area contributed by atoms with Gasteiger partial charge in [-0.25, -0.2) is 13.4 Å². The van der Waals surface area contributed by atoms with Crippen LogP contribution in [0.15, 0.2) is 18.3 Å². The van der Waals surface area contributed by atoms with Gasteiger partial charge in [0, 0.05) is 13.6 Å². The highest BCUT2D eigenvalue weighted by atomic mass is 32.2. The van der Waals surface area contributed by atoms with Crippen molar-refractivity contribution in [1.29, 1.82) is 0 Å². The van der Waals surface area contributed by atoms with Crippen molar-refractivity contribution in [3.05, 3.63) is 18.3 Å². The first-order valence-corrected chi connectivity index (χ1v) is 6.44. The van der Waals surface area contributed by atoms with E-state index in [1.807, 2.05) is 6.92 Å². The summed E-state index contributed by atoms with van der Waals surface area (Å²) in [5, 5.41) is 3.03. The van der Waals surface area contributed by atoms with E-state index in [1.54, 1.807) is 12.1 Å². The zero-order valence-corrected chi connectivity index (χ0v) is 9.87. The fourth-order valence-electron chi connectivity index (χ4n) is 1.05. The molecule has 0 saturated heterocycles. The first-order valence-electron chi connectivity index (χ1n) is 4.59. The molecule has 1 heterocycles. The number of nitrogens with one attached hydrogen (secondary N) is 1. The maximum absolute atomic E-state index is 11.2. The molecule has 1 aromatic rings. The maximum Gasteiger partial charge on any atom is 0.232 e. The van der Waals surface area contributed by atoms with Gasteiger partial charge in [0.1, 0.15) is 5.82 Å². The predicted octanol–water partition coefficient (Wildman–Crippen LogP) is 0.909. The van der Waals surface area contributed by atoms with Crippen LogP contribution in [0.1, 0.15) is 6.92 Å². The quantitative estimate of drug-likeness (QED) is 0.833. The summed E-state index contributed by atoms with van der Waals surface area (Å²) in [5.41, 5.74) is 0.555. The molecule has 0 aliphatic rings. The maximum atomic E-state index is 11.2. The molecule has 5 nitrogen and oxygen atoms in total. The molecule has 0 saturated carbocycles. The van der Waals surface area contributed by atoms with Crippen LogP contribution < -0.4 is 9.62 Å². The molecule has 1 aromatic heterocycles. The van der Waals surface area contributed by atoms with Crippen molar-refractivity contribution in [1.82, 2.24) is 4.98 Å². The lowest BCUT2D eigenvalue weighted by atomic mass is 10.4. The highest BCUT2D eigenvalue weighted by Gasteiger charge is 2.11. The lowest BCUT2D eigenvalue weighted by molar-refractivity contribution is 0.600. The number of aromatic nitrogens is 1. The Kier molecular flexibility index (Phi) is 3.52. The number of anilines is 2. The van der Waals surface area contributed by atoms with Crippen molar-refractivity contribution in [2.45, 2.75) is 6.92 Å². The van der Waals surface area contributed by atoms with E-state index >= 15 is 0 Å². The van der Waals surface area contributed by atoms with E-state index in [4.69, 9.17) is 0 Å². The van der Waals surface area contributed by atoms with Gasteiger partial charge in [-0.15, -0.1) is 0 Å². The number of rotatable bonds is 4. The molecule has 0 spiro atoms. The van der Waals surface area contributed by atoms with Crippen LogP contribution in [0.4, 0.5) is 11.5 Å². The topological polar surface area (TPSA) is 62.3 Å². The number of hydrogen-bond donors (Lipinski definition) is 1. The van der Waals surface area contributed by atoms with Gasteiger partial charge in [-0.2, -0.15) is 0 Å². The Morgan fingerprint density at radius 2 is 2.13 bits per heavy atom. The Morgan fingerprint density at radius 3 is 2.53 bits per heavy atom. The van der Waals surface area contributed by atoms with E-state index in [2.05, 4.69) is 10.3 Å². The molecular formula is C9H15N3O2S. The minimum absolute atomic E-state index is 0.555. The van der Waals surface area contributed by atoms with Crippen molar-refractivity contribution in [2.75, 3.05) is 29.5 Å². The molecule has 6 heteroatoms. The molecular weight excluding hydrogens is 214 g/mol. The predicted molar refractivity (Wildman–Crippen MR) is 61.6 cm³/mol. The van der Waals surface area contributed by atoms with Crippen LogP contribution >= 0.6 is 0 Å². The zero-order valence-electron chi connectivity index (χ0n) is 9.06. The highest BCUT2D eigenvalue weighted by Crippen LogP contribution is 2.15. The van der Waals surface area contributed by atoms with Gasteiger partial charge < -0.3 is 5.32 Å². The van der Waals surface area contributed by atoms with Crippen LogP contribution in [0.2, 0.25) is 0 Å². The van der Waals surface area contributed by atoms with Crippen LogP contribution in [0.25, 0.3) is 0 Å². The van der Waals surface area contributed by atoms with Crippen molar-refractivity contribution < 1.29 is 8.42 Å². The molecule has 0 amide bonds. The summed E-state index contributed by atoms with van der Waals surface area (Å²) in [4.78, 5) is 4.09. The van der Waals surface area contributed by atoms with Crippen LogP contribution in [0, 0.1) is 0 Å². The van der Waals surface area contributed by atoms with Crippen molar-refractivity contribution in [2.24, 2.45) is 0 Å². The molecule has 0 unspecified atom stereocenters. The zero-order chi connectivity index (χ0) is 11.5. The van der Waals surface area contributed by atoms with E-state index < -0.39 is 10.0 Å². The SMILES string of the molecule is CCNc1ccc(N(C)S(C)(=O)=O)cn1. The fourth-order valence-corrected chi connectivity index (χ4v) is 1.54. The summed E-state index contributed by atoms with van der Waals surface area (Å²) in [6, 6.07) is 3.46. The Labute approximate surface area is 90.2 Å². The molecule has 1 rings (SSSR count). The molecule has 0 fully saturated rings. The Hall–Kier alpha value is -1.30. The first kappa shape index (κ1) is 11.8. The number of hydrogen-bond acceptors (Lipinski definition) is 4. The molecule has 0 aliphatic heterocycles. The third kappa shape index (κ3) is 3.09. The summed E-state index contributed by atoms with van der Waals surface area (Å²) in [5.74, 6) is 0.739. The van der Waals surface area contributed by atoms with E-state index in [-0.39, 0.29) is 0 Å². The standard InChI is InChI=1S/C9H15N3O2S/c1-4-10-9-6-5-8(7-11-9)12(2)15(3,13)14/h5-7H,4H2,1-3H3,(H,10,11). The molecule has 0 aliphatic carbocycles. The van der Waals surface area contributed by atoms with Crippen molar-refractivity contribution in [3.63, 3.8) is 0 Å². The molecule has 84 valence electrons. The molecule has 0 radical (unpaired) electrons. The second-order valence-electron chi connectivity index (χ2n) is 3.16. The van der Waals surface area contributed by atoms with Gasteiger partial charge in [0.05, 0.1) is 18.1 Å². The lowest BCUT2D eigenvalue weighted by Gasteiger charge is -2.16. The van der Waals surface area contributed by atoms with E-state index in [1.165, 1.54) is 17.5 Å². The van der Waals surface area contributed by atoms with Gasteiger partial charge >= 0.3 is 0 Å². The Balaban J connectivity index is 2.89. The molecule has 15 heavy (non-hydrogen) atoms. The second kappa shape index (κ2) is 4.48. The summed E-state index contributed by atoms with van der Waals surface area (Å²) >= 11 is 0. The largest absolute Gasteiger partial charge is 0.370 e. The normalized spacial score (nSPS) is 11.1. The first-order chi connectivity index (χ1) is 6.95. The minimum Gasteiger partial charge on any atom is -0.370 e. The van der Waals surface area contributed by atoms with E-state index in [0.717, 1.165) is 18.6 Å². The summed E-state index contributed by atoms with van der Waals surface area (Å²) in [7, 11) is -1.71. The van der Waals surface area contributed by atoms with Gasteiger partial charge in [-0.05, 0) is 19.1 Å². The van der Waals surface area contributed by atoms with Gasteiger partial charge in [0.25, 0.3) is 0 Å². The fraction of sp³-hybridized carbons (Fsp3) is 0.444. The summed E-state index contributed by atoms with van der Waals surface area (Å²) in [6.07, 6.45) is 2.68.